The van der Waals surface area contributed by atoms with Gasteiger partial charge >= 0.3 is 0 Å². The third-order valence-corrected chi connectivity index (χ3v) is 2.58. The molecule has 0 atom stereocenters. The lowest BCUT2D eigenvalue weighted by atomic mass is 10.0. The average molecular weight is 210 g/mol. The molecule has 16 heavy (non-hydrogen) atoms. The minimum atomic E-state index is 0.752. The zero-order valence-electron chi connectivity index (χ0n) is 8.98. The SMILES string of the molecule is C=Cc1cccc(-c2ccc(N)cc2)c1N. The van der Waals surface area contributed by atoms with Crippen molar-refractivity contribution in [2.24, 2.45) is 0 Å². The lowest BCUT2D eigenvalue weighted by molar-refractivity contribution is 1.59. The molecule has 2 heteroatoms. The molecule has 2 nitrogen and oxygen atoms in total. The van der Waals surface area contributed by atoms with Crippen molar-refractivity contribution in [1.82, 2.24) is 0 Å². The zero-order valence-corrected chi connectivity index (χ0v) is 8.98. The molecule has 0 fully saturated rings. The van der Waals surface area contributed by atoms with E-state index in [0.717, 1.165) is 28.1 Å². The van der Waals surface area contributed by atoms with Crippen molar-refractivity contribution in [1.29, 1.82) is 0 Å². The number of nitrogens with two attached hydrogens (primary N) is 2. The molecule has 80 valence electrons. The van der Waals surface area contributed by atoms with Gasteiger partial charge in [0, 0.05) is 16.9 Å². The van der Waals surface area contributed by atoms with Crippen molar-refractivity contribution in [2.75, 3.05) is 11.5 Å². The molecule has 0 amide bonds. The highest BCUT2D eigenvalue weighted by atomic mass is 14.6. The molecule has 4 N–H and O–H groups in total. The predicted octanol–water partition coefficient (Wildman–Crippen LogP) is 3.16. The van der Waals surface area contributed by atoms with Gasteiger partial charge in [-0.15, -0.1) is 0 Å². The quantitative estimate of drug-likeness (QED) is 0.748. The third kappa shape index (κ3) is 1.77. The Morgan fingerprint density at radius 3 is 2.25 bits per heavy atom. The summed E-state index contributed by atoms with van der Waals surface area (Å²) in [7, 11) is 0. The second kappa shape index (κ2) is 4.11. The van der Waals surface area contributed by atoms with Gasteiger partial charge in [-0.25, -0.2) is 0 Å². The molecule has 0 radical (unpaired) electrons. The molecule has 0 heterocycles. The summed E-state index contributed by atoms with van der Waals surface area (Å²) in [5, 5.41) is 0. The first-order chi connectivity index (χ1) is 7.72. The van der Waals surface area contributed by atoms with Gasteiger partial charge in [-0.05, 0) is 23.3 Å². The second-order valence-electron chi connectivity index (χ2n) is 3.63. The fraction of sp³-hybridized carbons (Fsp3) is 0. The monoisotopic (exact) mass is 210 g/mol. The van der Waals surface area contributed by atoms with Crippen LogP contribution in [0.25, 0.3) is 17.2 Å². The van der Waals surface area contributed by atoms with E-state index in [0.29, 0.717) is 0 Å². The van der Waals surface area contributed by atoms with Gasteiger partial charge in [-0.1, -0.05) is 43.0 Å². The fourth-order valence-corrected chi connectivity index (χ4v) is 1.68. The molecule has 0 aromatic heterocycles. The van der Waals surface area contributed by atoms with Crippen LogP contribution in [0.4, 0.5) is 11.4 Å². The van der Waals surface area contributed by atoms with E-state index in [1.807, 2.05) is 42.5 Å². The molecule has 0 aliphatic heterocycles. The third-order valence-electron chi connectivity index (χ3n) is 2.58. The number of anilines is 2. The molecular formula is C14H14N2. The van der Waals surface area contributed by atoms with Crippen molar-refractivity contribution in [3.63, 3.8) is 0 Å². The topological polar surface area (TPSA) is 52.0 Å². The minimum Gasteiger partial charge on any atom is -0.399 e. The molecule has 0 unspecified atom stereocenters. The Kier molecular flexibility index (Phi) is 2.64. The van der Waals surface area contributed by atoms with Crippen molar-refractivity contribution in [3.8, 4) is 11.1 Å². The van der Waals surface area contributed by atoms with E-state index in [-0.39, 0.29) is 0 Å². The molecule has 2 rings (SSSR count). The Hall–Kier alpha value is -2.22. The molecule has 0 bridgehead atoms. The van der Waals surface area contributed by atoms with Crippen molar-refractivity contribution >= 4 is 17.5 Å². The van der Waals surface area contributed by atoms with Crippen LogP contribution >= 0.6 is 0 Å². The summed E-state index contributed by atoms with van der Waals surface area (Å²) in [5.74, 6) is 0. The molecule has 0 saturated carbocycles. The Morgan fingerprint density at radius 1 is 0.938 bits per heavy atom. The van der Waals surface area contributed by atoms with E-state index in [2.05, 4.69) is 6.58 Å². The first-order valence-electron chi connectivity index (χ1n) is 5.09. The summed E-state index contributed by atoms with van der Waals surface area (Å²) in [6.45, 7) is 3.74. The molecule has 0 aliphatic carbocycles. The van der Waals surface area contributed by atoms with Gasteiger partial charge in [0.05, 0.1) is 0 Å². The van der Waals surface area contributed by atoms with Crippen molar-refractivity contribution < 1.29 is 0 Å². The van der Waals surface area contributed by atoms with Crippen LogP contribution < -0.4 is 11.5 Å². The highest BCUT2D eigenvalue weighted by Crippen LogP contribution is 2.29. The van der Waals surface area contributed by atoms with Gasteiger partial charge in [0.15, 0.2) is 0 Å². The van der Waals surface area contributed by atoms with E-state index in [9.17, 15) is 0 Å². The largest absolute Gasteiger partial charge is 0.399 e. The van der Waals surface area contributed by atoms with E-state index in [1.165, 1.54) is 0 Å². The highest BCUT2D eigenvalue weighted by Gasteiger charge is 2.04. The van der Waals surface area contributed by atoms with Crippen molar-refractivity contribution in [3.05, 3.63) is 54.6 Å². The molecule has 0 spiro atoms. The number of hydrogen-bond acceptors (Lipinski definition) is 2. The van der Waals surface area contributed by atoms with Crippen LogP contribution in [0.3, 0.4) is 0 Å². The van der Waals surface area contributed by atoms with E-state index < -0.39 is 0 Å². The number of nitrogen functional groups attached to an aromatic ring is 2. The second-order valence-corrected chi connectivity index (χ2v) is 3.63. The Bertz CT molecular complexity index is 513. The number of benzene rings is 2. The predicted molar refractivity (Wildman–Crippen MR) is 70.8 cm³/mol. The maximum Gasteiger partial charge on any atom is 0.0467 e. The van der Waals surface area contributed by atoms with Crippen LogP contribution in [0, 0.1) is 0 Å². The number of hydrogen-bond donors (Lipinski definition) is 2. The summed E-state index contributed by atoms with van der Waals surface area (Å²) < 4.78 is 0. The van der Waals surface area contributed by atoms with Crippen LogP contribution in [0.15, 0.2) is 49.0 Å². The average Bonchev–Trinajstić information content (AvgIpc) is 2.31. The Labute approximate surface area is 95.2 Å². The van der Waals surface area contributed by atoms with E-state index >= 15 is 0 Å². The summed E-state index contributed by atoms with van der Waals surface area (Å²) in [4.78, 5) is 0. The van der Waals surface area contributed by atoms with E-state index in [4.69, 9.17) is 11.5 Å². The smallest absolute Gasteiger partial charge is 0.0467 e. The molecular weight excluding hydrogens is 196 g/mol. The normalized spacial score (nSPS) is 10.0. The van der Waals surface area contributed by atoms with Gasteiger partial charge in [0.1, 0.15) is 0 Å². The van der Waals surface area contributed by atoms with Gasteiger partial charge in [-0.3, -0.25) is 0 Å². The molecule has 0 aliphatic rings. The highest BCUT2D eigenvalue weighted by molar-refractivity contribution is 5.83. The molecule has 2 aromatic carbocycles. The molecule has 0 saturated heterocycles. The molecule has 2 aromatic rings. The number of rotatable bonds is 2. The van der Waals surface area contributed by atoms with Crippen LogP contribution in [-0.4, -0.2) is 0 Å². The maximum absolute atomic E-state index is 6.06. The summed E-state index contributed by atoms with van der Waals surface area (Å²) in [6.07, 6.45) is 1.76. The lowest BCUT2D eigenvalue weighted by Crippen LogP contribution is -1.93. The zero-order chi connectivity index (χ0) is 11.5. The van der Waals surface area contributed by atoms with Gasteiger partial charge in [0.2, 0.25) is 0 Å². The summed E-state index contributed by atoms with van der Waals surface area (Å²) in [6, 6.07) is 13.6. The fourth-order valence-electron chi connectivity index (χ4n) is 1.68. The summed E-state index contributed by atoms with van der Waals surface area (Å²) in [5.41, 5.74) is 16.2. The van der Waals surface area contributed by atoms with Gasteiger partial charge < -0.3 is 11.5 Å². The van der Waals surface area contributed by atoms with Crippen LogP contribution in [0.5, 0.6) is 0 Å². The number of para-hydroxylation sites is 1. The van der Waals surface area contributed by atoms with Crippen LogP contribution in [-0.2, 0) is 0 Å². The maximum atomic E-state index is 6.06. The van der Waals surface area contributed by atoms with Gasteiger partial charge in [0.25, 0.3) is 0 Å². The van der Waals surface area contributed by atoms with Crippen molar-refractivity contribution in [2.45, 2.75) is 0 Å². The van der Waals surface area contributed by atoms with E-state index in [1.54, 1.807) is 6.08 Å². The standard InChI is InChI=1S/C14H14N2/c1-2-10-4-3-5-13(14(10)16)11-6-8-12(15)9-7-11/h2-9H,1,15-16H2. The van der Waals surface area contributed by atoms with Crippen LogP contribution in [0.1, 0.15) is 5.56 Å². The van der Waals surface area contributed by atoms with Crippen LogP contribution in [0.2, 0.25) is 0 Å². The Morgan fingerprint density at radius 2 is 1.62 bits per heavy atom. The Balaban J connectivity index is 2.56. The first kappa shape index (κ1) is 10.3. The van der Waals surface area contributed by atoms with Gasteiger partial charge in [-0.2, -0.15) is 0 Å². The first-order valence-corrected chi connectivity index (χ1v) is 5.09. The summed E-state index contributed by atoms with van der Waals surface area (Å²) >= 11 is 0. The minimum absolute atomic E-state index is 0.752. The lowest BCUT2D eigenvalue weighted by Gasteiger charge is -2.08.